The summed E-state index contributed by atoms with van der Waals surface area (Å²) < 4.78 is 15.2. The molecule has 18 heavy (non-hydrogen) atoms. The fraction of sp³-hybridized carbons (Fsp3) is 0.154. The lowest BCUT2D eigenvalue weighted by Crippen LogP contribution is -2.18. The van der Waals surface area contributed by atoms with E-state index in [9.17, 15) is 4.39 Å². The fourth-order valence-electron chi connectivity index (χ4n) is 1.82. The molecule has 2 rings (SSSR count). The van der Waals surface area contributed by atoms with E-state index < -0.39 is 0 Å². The predicted molar refractivity (Wildman–Crippen MR) is 76.9 cm³/mol. The lowest BCUT2D eigenvalue weighted by molar-refractivity contribution is 0.608. The number of hydrogen-bond acceptors (Lipinski definition) is 2. The van der Waals surface area contributed by atoms with Gasteiger partial charge in [0, 0.05) is 15.1 Å². The van der Waals surface area contributed by atoms with Gasteiger partial charge in [0.05, 0.1) is 12.2 Å². The van der Waals surface area contributed by atoms with Gasteiger partial charge < -0.3 is 5.32 Å². The molecule has 0 aliphatic carbocycles. The van der Waals surface area contributed by atoms with E-state index in [0.29, 0.717) is 0 Å². The van der Waals surface area contributed by atoms with Crippen LogP contribution in [0.3, 0.4) is 0 Å². The lowest BCUT2D eigenvalue weighted by atomic mass is 10.0. The maximum Gasteiger partial charge on any atom is 0.141 e. The third-order valence-corrected chi connectivity index (χ3v) is 3.83. The number of nitrogens with zero attached hydrogens (tertiary/aromatic N) is 1. The smallest absolute Gasteiger partial charge is 0.141 e. The molecule has 1 unspecified atom stereocenters. The Morgan fingerprint density at radius 1 is 1.22 bits per heavy atom. The number of rotatable bonds is 3. The molecule has 1 N–H and O–H groups in total. The van der Waals surface area contributed by atoms with Crippen molar-refractivity contribution in [1.29, 1.82) is 0 Å². The first-order valence-electron chi connectivity index (χ1n) is 5.34. The Morgan fingerprint density at radius 3 is 2.67 bits per heavy atom. The first-order chi connectivity index (χ1) is 8.61. The summed E-state index contributed by atoms with van der Waals surface area (Å²) in [4.78, 5) is 3.89. The Bertz CT molecular complexity index is 560. The van der Waals surface area contributed by atoms with E-state index in [-0.39, 0.29) is 11.9 Å². The Labute approximate surface area is 122 Å². The molecule has 0 amide bonds. The van der Waals surface area contributed by atoms with Crippen LogP contribution >= 0.6 is 31.9 Å². The Balaban J connectivity index is 2.48. The molecule has 0 bridgehead atoms. The van der Waals surface area contributed by atoms with E-state index in [4.69, 9.17) is 0 Å². The van der Waals surface area contributed by atoms with Gasteiger partial charge in [-0.1, -0.05) is 31.9 Å². The van der Waals surface area contributed by atoms with Crippen LogP contribution in [0.25, 0.3) is 0 Å². The van der Waals surface area contributed by atoms with Crippen molar-refractivity contribution >= 4 is 31.9 Å². The monoisotopic (exact) mass is 372 g/mol. The molecule has 1 aromatic carbocycles. The molecule has 0 saturated heterocycles. The van der Waals surface area contributed by atoms with Crippen LogP contribution in [0.5, 0.6) is 0 Å². The number of halogens is 3. The molecule has 0 aliphatic heterocycles. The highest BCUT2D eigenvalue weighted by atomic mass is 79.9. The van der Waals surface area contributed by atoms with Crippen molar-refractivity contribution in [2.75, 3.05) is 7.05 Å². The maximum atomic E-state index is 13.2. The molecule has 2 aromatic rings. The maximum absolute atomic E-state index is 13.2. The Morgan fingerprint density at radius 2 is 2.00 bits per heavy atom. The minimum absolute atomic E-state index is 0.111. The molecule has 0 spiro atoms. The zero-order chi connectivity index (χ0) is 13.1. The van der Waals surface area contributed by atoms with Crippen LogP contribution in [0.15, 0.2) is 45.6 Å². The molecular weight excluding hydrogens is 363 g/mol. The van der Waals surface area contributed by atoms with E-state index in [1.165, 1.54) is 12.3 Å². The van der Waals surface area contributed by atoms with Gasteiger partial charge in [0.15, 0.2) is 0 Å². The van der Waals surface area contributed by atoms with Crippen molar-refractivity contribution in [3.8, 4) is 0 Å². The SMILES string of the molecule is CNC(c1cncc(F)c1)c1cc(Br)ccc1Br. The van der Waals surface area contributed by atoms with Gasteiger partial charge in [-0.3, -0.25) is 4.98 Å². The van der Waals surface area contributed by atoms with E-state index >= 15 is 0 Å². The number of pyridine rings is 1. The van der Waals surface area contributed by atoms with Gasteiger partial charge in [-0.2, -0.15) is 0 Å². The molecule has 0 aliphatic rings. The first kappa shape index (κ1) is 13.6. The van der Waals surface area contributed by atoms with Gasteiger partial charge in [0.25, 0.3) is 0 Å². The van der Waals surface area contributed by atoms with Crippen LogP contribution in [-0.2, 0) is 0 Å². The predicted octanol–water partition coefficient (Wildman–Crippen LogP) is 4.05. The van der Waals surface area contributed by atoms with Crippen molar-refractivity contribution in [2.45, 2.75) is 6.04 Å². The van der Waals surface area contributed by atoms with Crippen LogP contribution in [0.2, 0.25) is 0 Å². The van der Waals surface area contributed by atoms with Crippen LogP contribution < -0.4 is 5.32 Å². The molecular formula is C13H11Br2FN2. The number of aromatic nitrogens is 1. The Hall–Kier alpha value is -0.780. The molecule has 1 heterocycles. The second-order valence-corrected chi connectivity index (χ2v) is 5.59. The number of nitrogens with one attached hydrogen (secondary N) is 1. The summed E-state index contributed by atoms with van der Waals surface area (Å²) in [6.07, 6.45) is 2.86. The van der Waals surface area contributed by atoms with Crippen molar-refractivity contribution in [2.24, 2.45) is 0 Å². The first-order valence-corrected chi connectivity index (χ1v) is 6.93. The minimum Gasteiger partial charge on any atom is -0.309 e. The Kier molecular flexibility index (Phi) is 4.48. The summed E-state index contributed by atoms with van der Waals surface area (Å²) in [6, 6.07) is 7.28. The molecule has 2 nitrogen and oxygen atoms in total. The van der Waals surface area contributed by atoms with Crippen LogP contribution in [0.4, 0.5) is 4.39 Å². The largest absolute Gasteiger partial charge is 0.309 e. The fourth-order valence-corrected chi connectivity index (χ4v) is 2.68. The quantitative estimate of drug-likeness (QED) is 0.877. The number of hydrogen-bond donors (Lipinski definition) is 1. The molecule has 1 aromatic heterocycles. The third-order valence-electron chi connectivity index (χ3n) is 2.62. The van der Waals surface area contributed by atoms with Crippen LogP contribution in [0.1, 0.15) is 17.2 Å². The zero-order valence-electron chi connectivity index (χ0n) is 9.62. The van der Waals surface area contributed by atoms with Crippen molar-refractivity contribution in [3.63, 3.8) is 0 Å². The highest BCUT2D eigenvalue weighted by Crippen LogP contribution is 2.30. The van der Waals surface area contributed by atoms with E-state index in [2.05, 4.69) is 42.2 Å². The van der Waals surface area contributed by atoms with Gasteiger partial charge in [0.1, 0.15) is 5.82 Å². The second-order valence-electron chi connectivity index (χ2n) is 3.82. The summed E-state index contributed by atoms with van der Waals surface area (Å²) in [6.45, 7) is 0. The summed E-state index contributed by atoms with van der Waals surface area (Å²) in [5.74, 6) is -0.334. The molecule has 0 saturated carbocycles. The van der Waals surface area contributed by atoms with Gasteiger partial charge in [-0.15, -0.1) is 0 Å². The van der Waals surface area contributed by atoms with Gasteiger partial charge in [-0.25, -0.2) is 4.39 Å². The summed E-state index contributed by atoms with van der Waals surface area (Å²) in [7, 11) is 1.84. The second kappa shape index (κ2) is 5.91. The van der Waals surface area contributed by atoms with Crippen molar-refractivity contribution in [3.05, 3.63) is 62.5 Å². The average molecular weight is 374 g/mol. The minimum atomic E-state index is -0.334. The highest BCUT2D eigenvalue weighted by Gasteiger charge is 2.16. The zero-order valence-corrected chi connectivity index (χ0v) is 12.8. The third kappa shape index (κ3) is 2.96. The molecule has 94 valence electrons. The summed E-state index contributed by atoms with van der Waals surface area (Å²) in [5.41, 5.74) is 1.82. The normalized spacial score (nSPS) is 12.4. The van der Waals surface area contributed by atoms with Gasteiger partial charge in [-0.05, 0) is 42.4 Å². The molecule has 1 atom stereocenters. The van der Waals surface area contributed by atoms with Gasteiger partial charge >= 0.3 is 0 Å². The topological polar surface area (TPSA) is 24.9 Å². The lowest BCUT2D eigenvalue weighted by Gasteiger charge is -2.18. The number of benzene rings is 1. The van der Waals surface area contributed by atoms with Crippen molar-refractivity contribution in [1.82, 2.24) is 10.3 Å². The summed E-state index contributed by atoms with van der Waals surface area (Å²) >= 11 is 6.96. The molecule has 0 fully saturated rings. The summed E-state index contributed by atoms with van der Waals surface area (Å²) in [5, 5.41) is 3.17. The van der Waals surface area contributed by atoms with E-state index in [0.717, 1.165) is 20.1 Å². The molecule has 0 radical (unpaired) electrons. The van der Waals surface area contributed by atoms with E-state index in [1.54, 1.807) is 6.20 Å². The van der Waals surface area contributed by atoms with Crippen LogP contribution in [-0.4, -0.2) is 12.0 Å². The standard InChI is InChI=1S/C13H11Br2FN2/c1-17-13(8-4-10(16)7-18-6-8)11-5-9(14)2-3-12(11)15/h2-7,13,17H,1H3. The average Bonchev–Trinajstić information content (AvgIpc) is 2.35. The van der Waals surface area contributed by atoms with E-state index in [1.807, 2.05) is 25.2 Å². The highest BCUT2D eigenvalue weighted by molar-refractivity contribution is 9.11. The molecule has 5 heteroatoms. The van der Waals surface area contributed by atoms with Crippen molar-refractivity contribution < 1.29 is 4.39 Å². The van der Waals surface area contributed by atoms with Gasteiger partial charge in [0.2, 0.25) is 0 Å². The van der Waals surface area contributed by atoms with Crippen LogP contribution in [0, 0.1) is 5.82 Å².